The summed E-state index contributed by atoms with van der Waals surface area (Å²) in [5.74, 6) is -0.366. The molecule has 1 aliphatic rings. The van der Waals surface area contributed by atoms with Gasteiger partial charge in [0.2, 0.25) is 0 Å². The largest absolute Gasteiger partial charge is 0.493 e. The van der Waals surface area contributed by atoms with Crippen molar-refractivity contribution in [2.75, 3.05) is 13.3 Å². The van der Waals surface area contributed by atoms with Crippen LogP contribution in [0.1, 0.15) is 23.6 Å². The molecule has 0 fully saturated rings. The molecule has 0 unspecified atom stereocenters. The van der Waals surface area contributed by atoms with Gasteiger partial charge in [0.05, 0.1) is 49.5 Å². The molecule has 0 atom stereocenters. The molecule has 0 saturated heterocycles. The molecule has 34 heavy (non-hydrogen) atoms. The zero-order valence-electron chi connectivity index (χ0n) is 18.0. The highest BCUT2D eigenvalue weighted by atomic mass is 19.2. The fraction of sp³-hybridized carbons (Fsp3) is 0.208. The lowest BCUT2D eigenvalue weighted by Gasteiger charge is -2.19. The first-order valence-electron chi connectivity index (χ1n) is 10.7. The minimum atomic E-state index is -0.948. The number of benzene rings is 2. The highest BCUT2D eigenvalue weighted by Crippen LogP contribution is 2.26. The molecule has 4 aromatic rings. The van der Waals surface area contributed by atoms with Crippen LogP contribution in [0.25, 0.3) is 22.6 Å². The summed E-state index contributed by atoms with van der Waals surface area (Å²) in [6.07, 6.45) is 1.95. The molecule has 0 amide bonds. The average Bonchev–Trinajstić information content (AvgIpc) is 3.48. The van der Waals surface area contributed by atoms with E-state index in [-0.39, 0.29) is 11.4 Å². The number of hydrogen-bond acceptors (Lipinski definition) is 6. The van der Waals surface area contributed by atoms with Gasteiger partial charge in [-0.15, -0.1) is 0 Å². The van der Waals surface area contributed by atoms with Gasteiger partial charge in [0.25, 0.3) is 0 Å². The van der Waals surface area contributed by atoms with Crippen molar-refractivity contribution < 1.29 is 22.4 Å². The summed E-state index contributed by atoms with van der Waals surface area (Å²) in [7, 11) is 0. The van der Waals surface area contributed by atoms with E-state index in [9.17, 15) is 13.2 Å². The van der Waals surface area contributed by atoms with Gasteiger partial charge >= 0.3 is 0 Å². The van der Waals surface area contributed by atoms with Gasteiger partial charge in [0.1, 0.15) is 17.3 Å². The molecule has 5 rings (SSSR count). The van der Waals surface area contributed by atoms with Crippen molar-refractivity contribution in [3.05, 3.63) is 77.3 Å². The normalized spacial score (nSPS) is 12.7. The van der Waals surface area contributed by atoms with Crippen LogP contribution in [0.4, 0.5) is 13.2 Å². The molecule has 0 bridgehead atoms. The molecule has 0 saturated carbocycles. The number of aromatic nitrogens is 3. The third-order valence-corrected chi connectivity index (χ3v) is 5.29. The van der Waals surface area contributed by atoms with Crippen molar-refractivity contribution in [2.24, 2.45) is 5.10 Å². The highest BCUT2D eigenvalue weighted by molar-refractivity contribution is 5.80. The van der Waals surface area contributed by atoms with E-state index in [4.69, 9.17) is 9.26 Å². The zero-order chi connectivity index (χ0) is 23.5. The van der Waals surface area contributed by atoms with Gasteiger partial charge in [-0.2, -0.15) is 5.10 Å². The SMILES string of the molecule is FCCCOc1ccc(-c2cc(CN3Cc4nc(-c5cccc(F)c5F)[nH]c4C=N3)on2)cc1. The number of nitrogens with zero attached hydrogens (tertiary/aromatic N) is 4. The average molecular weight is 467 g/mol. The Balaban J connectivity index is 1.24. The number of halogens is 3. The molecule has 1 N–H and O–H groups in total. The van der Waals surface area contributed by atoms with Crippen molar-refractivity contribution in [1.82, 2.24) is 20.1 Å². The quantitative estimate of drug-likeness (QED) is 0.365. The number of fused-ring (bicyclic) bond motifs is 1. The lowest BCUT2D eigenvalue weighted by molar-refractivity contribution is 0.229. The summed E-state index contributed by atoms with van der Waals surface area (Å²) in [6.45, 7) is 0.635. The van der Waals surface area contributed by atoms with Crippen molar-refractivity contribution in [3.63, 3.8) is 0 Å². The molecule has 7 nitrogen and oxygen atoms in total. The lowest BCUT2D eigenvalue weighted by Crippen LogP contribution is -2.21. The molecular weight excluding hydrogens is 447 g/mol. The fourth-order valence-corrected chi connectivity index (χ4v) is 3.58. The minimum absolute atomic E-state index is 0.0630. The van der Waals surface area contributed by atoms with E-state index < -0.39 is 18.3 Å². The maximum atomic E-state index is 14.1. The Morgan fingerprint density at radius 3 is 2.79 bits per heavy atom. The third-order valence-electron chi connectivity index (χ3n) is 5.29. The highest BCUT2D eigenvalue weighted by Gasteiger charge is 2.21. The summed E-state index contributed by atoms with van der Waals surface area (Å²) in [5, 5.41) is 10.2. The molecule has 0 aliphatic carbocycles. The van der Waals surface area contributed by atoms with E-state index in [1.54, 1.807) is 23.4 Å². The van der Waals surface area contributed by atoms with Crippen LogP contribution in [0.3, 0.4) is 0 Å². The summed E-state index contributed by atoms with van der Waals surface area (Å²) < 4.78 is 50.8. The van der Waals surface area contributed by atoms with Gasteiger partial charge in [-0.25, -0.2) is 13.8 Å². The van der Waals surface area contributed by atoms with E-state index in [0.29, 0.717) is 54.7 Å². The Bertz CT molecular complexity index is 1320. The fourth-order valence-electron chi connectivity index (χ4n) is 3.58. The molecule has 3 heterocycles. The number of hydrazone groups is 1. The molecule has 0 radical (unpaired) electrons. The molecule has 2 aromatic carbocycles. The van der Waals surface area contributed by atoms with Crippen LogP contribution in [-0.4, -0.2) is 39.6 Å². The van der Waals surface area contributed by atoms with Gasteiger partial charge in [0, 0.05) is 18.1 Å². The standard InChI is InChI=1S/C24H20F3N5O2/c25-9-2-10-33-16-7-5-15(6-8-16)20-11-17(34-31-20)13-32-14-22-21(12-28-32)29-24(30-22)18-3-1-4-19(26)23(18)27/h1,3-8,11-12H,2,9-10,13-14H2,(H,29,30). The van der Waals surface area contributed by atoms with Gasteiger partial charge in [-0.1, -0.05) is 11.2 Å². The second-order valence-corrected chi connectivity index (χ2v) is 7.71. The Labute approximate surface area is 192 Å². The zero-order valence-corrected chi connectivity index (χ0v) is 18.0. The summed E-state index contributed by atoms with van der Waals surface area (Å²) in [6, 6.07) is 13.1. The number of imidazole rings is 1. The number of alkyl halides is 1. The first-order chi connectivity index (χ1) is 16.6. The predicted octanol–water partition coefficient (Wildman–Crippen LogP) is 5.10. The summed E-state index contributed by atoms with van der Waals surface area (Å²) in [5.41, 5.74) is 2.88. The minimum Gasteiger partial charge on any atom is -0.493 e. The summed E-state index contributed by atoms with van der Waals surface area (Å²) in [4.78, 5) is 7.42. The smallest absolute Gasteiger partial charge is 0.169 e. The van der Waals surface area contributed by atoms with Crippen LogP contribution in [0.2, 0.25) is 0 Å². The van der Waals surface area contributed by atoms with Crippen molar-refractivity contribution in [2.45, 2.75) is 19.5 Å². The molecule has 1 aliphatic heterocycles. The Hall–Kier alpha value is -4.08. The van der Waals surface area contributed by atoms with Gasteiger partial charge < -0.3 is 14.2 Å². The molecule has 2 aromatic heterocycles. The maximum absolute atomic E-state index is 14.1. The second kappa shape index (κ2) is 9.42. The number of aromatic amines is 1. The van der Waals surface area contributed by atoms with Crippen molar-refractivity contribution in [3.8, 4) is 28.4 Å². The second-order valence-electron chi connectivity index (χ2n) is 7.71. The Morgan fingerprint density at radius 2 is 1.97 bits per heavy atom. The van der Waals surface area contributed by atoms with Crippen LogP contribution in [0.5, 0.6) is 5.75 Å². The topological polar surface area (TPSA) is 79.5 Å². The number of nitrogens with one attached hydrogen (secondary N) is 1. The number of rotatable bonds is 8. The number of H-pyrrole nitrogens is 1. The molecular formula is C24H20F3N5O2. The van der Waals surface area contributed by atoms with Crippen LogP contribution in [0.15, 0.2) is 58.2 Å². The van der Waals surface area contributed by atoms with Gasteiger partial charge in [-0.05, 0) is 36.4 Å². The van der Waals surface area contributed by atoms with Crippen molar-refractivity contribution >= 4 is 6.21 Å². The van der Waals surface area contributed by atoms with Gasteiger partial charge in [0.15, 0.2) is 17.4 Å². The van der Waals surface area contributed by atoms with Crippen LogP contribution in [-0.2, 0) is 13.1 Å². The molecule has 0 spiro atoms. The maximum Gasteiger partial charge on any atom is 0.169 e. The first-order valence-corrected chi connectivity index (χ1v) is 10.7. The van der Waals surface area contributed by atoms with Crippen LogP contribution >= 0.6 is 0 Å². The molecule has 10 heteroatoms. The number of ether oxygens (including phenoxy) is 1. The molecule has 174 valence electrons. The lowest BCUT2D eigenvalue weighted by atomic mass is 10.1. The third kappa shape index (κ3) is 4.52. The predicted molar refractivity (Wildman–Crippen MR) is 119 cm³/mol. The van der Waals surface area contributed by atoms with Crippen molar-refractivity contribution in [1.29, 1.82) is 0 Å². The number of hydrogen-bond donors (Lipinski definition) is 1. The van der Waals surface area contributed by atoms with Gasteiger partial charge in [-0.3, -0.25) is 9.40 Å². The first kappa shape index (κ1) is 21.7. The Kier molecular flexibility index (Phi) is 6.03. The monoisotopic (exact) mass is 467 g/mol. The van der Waals surface area contributed by atoms with Crippen LogP contribution < -0.4 is 4.74 Å². The van der Waals surface area contributed by atoms with E-state index in [0.717, 1.165) is 11.6 Å². The van der Waals surface area contributed by atoms with Crippen LogP contribution in [0, 0.1) is 11.6 Å². The summed E-state index contributed by atoms with van der Waals surface area (Å²) >= 11 is 0. The van der Waals surface area contributed by atoms with E-state index in [1.165, 1.54) is 12.1 Å². The Morgan fingerprint density at radius 1 is 1.12 bits per heavy atom. The van der Waals surface area contributed by atoms with E-state index >= 15 is 0 Å². The van der Waals surface area contributed by atoms with E-state index in [1.807, 2.05) is 18.2 Å². The van der Waals surface area contributed by atoms with E-state index in [2.05, 4.69) is 20.2 Å².